The summed E-state index contributed by atoms with van der Waals surface area (Å²) >= 11 is 0. The van der Waals surface area contributed by atoms with E-state index in [9.17, 15) is 4.79 Å². The fourth-order valence-corrected chi connectivity index (χ4v) is 5.41. The molecule has 2 aromatic rings. The molecule has 3 rings (SSSR count). The lowest BCUT2D eigenvalue weighted by atomic mass is 9.78. The summed E-state index contributed by atoms with van der Waals surface area (Å²) in [6.45, 7) is 18.7. The third kappa shape index (κ3) is 11.5. The summed E-state index contributed by atoms with van der Waals surface area (Å²) in [6.07, 6.45) is 15.6. The Bertz CT molecular complexity index is 1150. The molecular weight excluding hydrogens is 486 g/mol. The van der Waals surface area contributed by atoms with Crippen LogP contribution in [0, 0.1) is 11.8 Å². The van der Waals surface area contributed by atoms with Gasteiger partial charge in [0.1, 0.15) is 0 Å². The molecule has 0 amide bonds. The van der Waals surface area contributed by atoms with E-state index in [2.05, 4.69) is 64.3 Å². The average molecular weight is 538 g/mol. The SMILES string of the molecule is C=Cc1ccc(CC(CC(=C)C)N=C(CC)/C2=C/CCCC(CC(=O)/C=C/c3ccccc3)C(C)C2)cc1.CC. The molecule has 2 nitrogen and oxygen atoms in total. The zero-order chi connectivity index (χ0) is 29.3. The molecule has 0 aromatic heterocycles. The molecule has 2 aromatic carbocycles. The van der Waals surface area contributed by atoms with Gasteiger partial charge in [-0.2, -0.15) is 0 Å². The topological polar surface area (TPSA) is 29.4 Å². The van der Waals surface area contributed by atoms with Gasteiger partial charge in [0, 0.05) is 12.1 Å². The lowest BCUT2D eigenvalue weighted by Gasteiger charge is -2.27. The van der Waals surface area contributed by atoms with Gasteiger partial charge < -0.3 is 0 Å². The molecule has 3 atom stereocenters. The molecule has 0 fully saturated rings. The van der Waals surface area contributed by atoms with Crippen molar-refractivity contribution in [1.82, 2.24) is 0 Å². The largest absolute Gasteiger partial charge is 0.295 e. The molecule has 214 valence electrons. The maximum atomic E-state index is 12.8. The van der Waals surface area contributed by atoms with Crippen LogP contribution in [-0.2, 0) is 11.2 Å². The van der Waals surface area contributed by atoms with Crippen LogP contribution in [0.25, 0.3) is 12.2 Å². The van der Waals surface area contributed by atoms with Crippen LogP contribution in [0.15, 0.2) is 96.0 Å². The molecule has 1 aliphatic carbocycles. The summed E-state index contributed by atoms with van der Waals surface area (Å²) in [5.41, 5.74) is 7.27. The van der Waals surface area contributed by atoms with E-state index in [1.54, 1.807) is 6.08 Å². The number of benzene rings is 2. The summed E-state index contributed by atoms with van der Waals surface area (Å²) in [5, 5.41) is 0. The number of hydrogen-bond acceptors (Lipinski definition) is 2. The van der Waals surface area contributed by atoms with Crippen molar-refractivity contribution in [3.63, 3.8) is 0 Å². The van der Waals surface area contributed by atoms with Gasteiger partial charge in [-0.25, -0.2) is 0 Å². The van der Waals surface area contributed by atoms with Crippen molar-refractivity contribution < 1.29 is 4.79 Å². The third-order valence-electron chi connectivity index (χ3n) is 7.56. The average Bonchev–Trinajstić information content (AvgIpc) is 2.96. The van der Waals surface area contributed by atoms with Gasteiger partial charge in [0.05, 0.1) is 6.04 Å². The van der Waals surface area contributed by atoms with Gasteiger partial charge in [-0.05, 0) is 92.0 Å². The molecule has 0 heterocycles. The van der Waals surface area contributed by atoms with E-state index in [4.69, 9.17) is 4.99 Å². The summed E-state index contributed by atoms with van der Waals surface area (Å²) < 4.78 is 0. The van der Waals surface area contributed by atoms with Crippen LogP contribution in [0.3, 0.4) is 0 Å². The predicted octanol–water partition coefficient (Wildman–Crippen LogP) is 10.5. The molecule has 0 radical (unpaired) electrons. The van der Waals surface area contributed by atoms with E-state index in [0.717, 1.165) is 56.1 Å². The third-order valence-corrected chi connectivity index (χ3v) is 7.56. The van der Waals surface area contributed by atoms with Crippen LogP contribution in [-0.4, -0.2) is 17.5 Å². The standard InChI is InChI=1S/C36H45NO.C2H6/c1-6-29-17-19-31(20-18-29)25-34(23-27(3)4)37-36(7-2)33-16-12-11-15-32(28(5)24-33)26-35(38)22-21-30-13-9-8-10-14-30;1-2/h6,8-10,13-14,16-22,28,32,34H,1,3,7,11-12,15,23-26H2,2,4-5H3;1-2H3/b22-21+,33-16+,37-36?;. The molecule has 40 heavy (non-hydrogen) atoms. The smallest absolute Gasteiger partial charge is 0.155 e. The first kappa shape index (κ1) is 32.9. The first-order valence-electron chi connectivity index (χ1n) is 15.3. The maximum absolute atomic E-state index is 12.8. The van der Waals surface area contributed by atoms with Crippen LogP contribution in [0.4, 0.5) is 0 Å². The number of rotatable bonds is 12. The highest BCUT2D eigenvalue weighted by atomic mass is 16.1. The zero-order valence-corrected chi connectivity index (χ0v) is 25.7. The van der Waals surface area contributed by atoms with Gasteiger partial charge in [-0.1, -0.05) is 113 Å². The lowest BCUT2D eigenvalue weighted by Crippen LogP contribution is -2.21. The van der Waals surface area contributed by atoms with Gasteiger partial charge in [0.15, 0.2) is 5.78 Å². The Morgan fingerprint density at radius 2 is 1.77 bits per heavy atom. The van der Waals surface area contributed by atoms with E-state index in [-0.39, 0.29) is 11.8 Å². The van der Waals surface area contributed by atoms with Crippen molar-refractivity contribution in [1.29, 1.82) is 0 Å². The Morgan fingerprint density at radius 1 is 1.07 bits per heavy atom. The van der Waals surface area contributed by atoms with Gasteiger partial charge in [-0.3, -0.25) is 9.79 Å². The Kier molecular flexibility index (Phi) is 15.0. The number of aliphatic imine (C=N–C) groups is 1. The Hall–Kier alpha value is -3.26. The van der Waals surface area contributed by atoms with Crippen molar-refractivity contribution in [3.8, 4) is 0 Å². The predicted molar refractivity (Wildman–Crippen MR) is 177 cm³/mol. The molecule has 0 N–H and O–H groups in total. The normalized spacial score (nSPS) is 19.8. The molecule has 2 heteroatoms. The summed E-state index contributed by atoms with van der Waals surface area (Å²) in [7, 11) is 0. The van der Waals surface area contributed by atoms with Gasteiger partial charge in [0.2, 0.25) is 0 Å². The zero-order valence-electron chi connectivity index (χ0n) is 25.7. The number of allylic oxidation sites excluding steroid dienone is 3. The van der Waals surface area contributed by atoms with Crippen LogP contribution >= 0.6 is 0 Å². The highest BCUT2D eigenvalue weighted by Crippen LogP contribution is 2.32. The van der Waals surface area contributed by atoms with E-state index < -0.39 is 0 Å². The van der Waals surface area contributed by atoms with Crippen LogP contribution < -0.4 is 0 Å². The first-order chi connectivity index (χ1) is 19.4. The minimum Gasteiger partial charge on any atom is -0.295 e. The molecule has 0 spiro atoms. The second-order valence-corrected chi connectivity index (χ2v) is 10.9. The van der Waals surface area contributed by atoms with Crippen molar-refractivity contribution in [2.24, 2.45) is 16.8 Å². The monoisotopic (exact) mass is 537 g/mol. The van der Waals surface area contributed by atoms with Crippen molar-refractivity contribution >= 4 is 23.6 Å². The molecule has 3 unspecified atom stereocenters. The minimum atomic E-state index is 0.180. The summed E-state index contributed by atoms with van der Waals surface area (Å²) in [4.78, 5) is 18.2. The second kappa shape index (κ2) is 18.2. The van der Waals surface area contributed by atoms with Crippen molar-refractivity contribution in [2.45, 2.75) is 92.0 Å². The van der Waals surface area contributed by atoms with E-state index in [1.165, 1.54) is 22.4 Å². The Morgan fingerprint density at radius 3 is 2.40 bits per heavy atom. The highest BCUT2D eigenvalue weighted by Gasteiger charge is 2.24. The Labute approximate surface area is 244 Å². The fraction of sp³-hybridized carbons (Fsp3) is 0.421. The molecule has 0 saturated carbocycles. The van der Waals surface area contributed by atoms with Crippen molar-refractivity contribution in [3.05, 3.63) is 108 Å². The number of ketones is 1. The fourth-order valence-electron chi connectivity index (χ4n) is 5.41. The van der Waals surface area contributed by atoms with Crippen LogP contribution in [0.2, 0.25) is 0 Å². The highest BCUT2D eigenvalue weighted by molar-refractivity contribution is 6.00. The van der Waals surface area contributed by atoms with Gasteiger partial charge in [0.25, 0.3) is 0 Å². The molecule has 0 saturated heterocycles. The molecule has 0 bridgehead atoms. The van der Waals surface area contributed by atoms with Crippen molar-refractivity contribution in [2.75, 3.05) is 0 Å². The van der Waals surface area contributed by atoms with Gasteiger partial charge in [-0.15, -0.1) is 6.58 Å². The lowest BCUT2D eigenvalue weighted by molar-refractivity contribution is -0.115. The van der Waals surface area contributed by atoms with Gasteiger partial charge >= 0.3 is 0 Å². The number of carbonyl (C=O) groups excluding carboxylic acids is 1. The summed E-state index contributed by atoms with van der Waals surface area (Å²) in [5.74, 6) is 1.07. The first-order valence-corrected chi connectivity index (χ1v) is 15.3. The Balaban J connectivity index is 0.00000274. The quantitative estimate of drug-likeness (QED) is 0.150. The number of carbonyl (C=O) groups is 1. The number of hydrogen-bond donors (Lipinski definition) is 0. The van der Waals surface area contributed by atoms with E-state index in [1.807, 2.05) is 56.3 Å². The molecule has 1 aliphatic rings. The maximum Gasteiger partial charge on any atom is 0.155 e. The van der Waals surface area contributed by atoms with E-state index in [0.29, 0.717) is 18.3 Å². The van der Waals surface area contributed by atoms with Crippen LogP contribution in [0.5, 0.6) is 0 Å². The molecular formula is C38H51NO. The van der Waals surface area contributed by atoms with E-state index >= 15 is 0 Å². The van der Waals surface area contributed by atoms with Crippen LogP contribution in [0.1, 0.15) is 96.3 Å². The second-order valence-electron chi connectivity index (χ2n) is 10.9. The summed E-state index contributed by atoms with van der Waals surface area (Å²) in [6, 6.07) is 18.9. The minimum absolute atomic E-state index is 0.180. The number of nitrogens with zero attached hydrogens (tertiary/aromatic N) is 1. The molecule has 0 aliphatic heterocycles.